The maximum atomic E-state index is 4.10. The lowest BCUT2D eigenvalue weighted by atomic mass is 9.92. The third-order valence-electron chi connectivity index (χ3n) is 3.32. The van der Waals surface area contributed by atoms with E-state index in [0.717, 1.165) is 13.0 Å². The van der Waals surface area contributed by atoms with Crippen molar-refractivity contribution in [2.24, 2.45) is 5.41 Å². The van der Waals surface area contributed by atoms with E-state index in [1.54, 1.807) is 0 Å². The van der Waals surface area contributed by atoms with Crippen LogP contribution in [-0.4, -0.2) is 12.6 Å². The highest BCUT2D eigenvalue weighted by atomic mass is 14.9. The molecule has 0 amide bonds. The second-order valence-corrected chi connectivity index (χ2v) is 4.57. The topological polar surface area (TPSA) is 12.0 Å². The van der Waals surface area contributed by atoms with Gasteiger partial charge in [-0.3, -0.25) is 0 Å². The first-order chi connectivity index (χ1) is 6.12. The molecule has 1 rings (SSSR count). The Morgan fingerprint density at radius 1 is 1.46 bits per heavy atom. The third kappa shape index (κ3) is 2.84. The Kier molecular flexibility index (Phi) is 3.55. The van der Waals surface area contributed by atoms with Crippen LogP contribution in [0.2, 0.25) is 0 Å². The molecule has 0 bridgehead atoms. The largest absolute Gasteiger partial charge is 0.313 e. The smallest absolute Gasteiger partial charge is 0.0158 e. The summed E-state index contributed by atoms with van der Waals surface area (Å²) in [4.78, 5) is 0. The van der Waals surface area contributed by atoms with Crippen molar-refractivity contribution in [1.29, 1.82) is 0 Å². The van der Waals surface area contributed by atoms with Gasteiger partial charge >= 0.3 is 0 Å². The molecule has 1 unspecified atom stereocenters. The second-order valence-electron chi connectivity index (χ2n) is 4.57. The van der Waals surface area contributed by atoms with Crippen molar-refractivity contribution in [2.45, 2.75) is 52.5 Å². The fourth-order valence-electron chi connectivity index (χ4n) is 1.79. The van der Waals surface area contributed by atoms with E-state index in [1.165, 1.54) is 24.8 Å². The molecule has 1 aliphatic carbocycles. The standard InChI is InChI=1S/C12H23N/c1-5-10(3)9-11(13-6-2)12(4)7-8-12/h11,13H,3,5-9H2,1-2,4H3. The van der Waals surface area contributed by atoms with Crippen LogP contribution in [0.5, 0.6) is 0 Å². The van der Waals surface area contributed by atoms with Crippen molar-refractivity contribution in [1.82, 2.24) is 5.32 Å². The fraction of sp³-hybridized carbons (Fsp3) is 0.833. The molecule has 0 aromatic carbocycles. The maximum absolute atomic E-state index is 4.10. The fourth-order valence-corrected chi connectivity index (χ4v) is 1.79. The molecule has 0 radical (unpaired) electrons. The molecule has 1 N–H and O–H groups in total. The molecule has 76 valence electrons. The Hall–Kier alpha value is -0.300. The molecule has 0 heterocycles. The average molecular weight is 181 g/mol. The molecular weight excluding hydrogens is 158 g/mol. The molecule has 1 fully saturated rings. The highest BCUT2D eigenvalue weighted by Crippen LogP contribution is 2.49. The van der Waals surface area contributed by atoms with Crippen LogP contribution < -0.4 is 5.32 Å². The minimum absolute atomic E-state index is 0.578. The number of nitrogens with one attached hydrogen (secondary N) is 1. The normalized spacial score (nSPS) is 21.2. The van der Waals surface area contributed by atoms with Gasteiger partial charge in [-0.05, 0) is 37.6 Å². The van der Waals surface area contributed by atoms with E-state index in [0.29, 0.717) is 11.5 Å². The summed E-state index contributed by atoms with van der Waals surface area (Å²) in [7, 11) is 0. The van der Waals surface area contributed by atoms with Crippen LogP contribution in [-0.2, 0) is 0 Å². The summed E-state index contributed by atoms with van der Waals surface area (Å²) in [6.45, 7) is 12.0. The molecule has 1 aliphatic rings. The summed E-state index contributed by atoms with van der Waals surface area (Å²) >= 11 is 0. The van der Waals surface area contributed by atoms with Gasteiger partial charge in [0.05, 0.1) is 0 Å². The minimum Gasteiger partial charge on any atom is -0.313 e. The number of hydrogen-bond acceptors (Lipinski definition) is 1. The first-order valence-electron chi connectivity index (χ1n) is 5.52. The zero-order chi connectivity index (χ0) is 9.90. The zero-order valence-electron chi connectivity index (χ0n) is 9.32. The Morgan fingerprint density at radius 3 is 2.46 bits per heavy atom. The summed E-state index contributed by atoms with van der Waals surface area (Å²) in [5.74, 6) is 0. The van der Waals surface area contributed by atoms with E-state index < -0.39 is 0 Å². The van der Waals surface area contributed by atoms with Gasteiger partial charge in [0, 0.05) is 6.04 Å². The summed E-state index contributed by atoms with van der Waals surface area (Å²) in [5, 5.41) is 3.59. The van der Waals surface area contributed by atoms with E-state index in [1.807, 2.05) is 0 Å². The van der Waals surface area contributed by atoms with E-state index in [9.17, 15) is 0 Å². The number of rotatable bonds is 6. The lowest BCUT2D eigenvalue weighted by molar-refractivity contribution is 0.358. The zero-order valence-corrected chi connectivity index (χ0v) is 9.32. The molecule has 0 aromatic heterocycles. The molecule has 1 heteroatoms. The van der Waals surface area contributed by atoms with Crippen LogP contribution in [0, 0.1) is 5.41 Å². The minimum atomic E-state index is 0.578. The van der Waals surface area contributed by atoms with Crippen LogP contribution in [0.1, 0.15) is 46.5 Å². The van der Waals surface area contributed by atoms with Crippen molar-refractivity contribution in [3.63, 3.8) is 0 Å². The molecule has 1 nitrogen and oxygen atoms in total. The van der Waals surface area contributed by atoms with Gasteiger partial charge in [0.15, 0.2) is 0 Å². The monoisotopic (exact) mass is 181 g/mol. The number of hydrogen-bond donors (Lipinski definition) is 1. The highest BCUT2D eigenvalue weighted by molar-refractivity contribution is 5.06. The quantitative estimate of drug-likeness (QED) is 0.621. The molecule has 13 heavy (non-hydrogen) atoms. The SMILES string of the molecule is C=C(CC)CC(NCC)C1(C)CC1. The van der Waals surface area contributed by atoms with Gasteiger partial charge in [-0.15, -0.1) is 0 Å². The lowest BCUT2D eigenvalue weighted by Gasteiger charge is -2.25. The molecule has 0 saturated heterocycles. The maximum Gasteiger partial charge on any atom is 0.0158 e. The first kappa shape index (κ1) is 10.8. The van der Waals surface area contributed by atoms with Crippen LogP contribution >= 0.6 is 0 Å². The summed E-state index contributed by atoms with van der Waals surface area (Å²) in [6, 6.07) is 0.671. The van der Waals surface area contributed by atoms with Gasteiger partial charge in [-0.2, -0.15) is 0 Å². The Bertz CT molecular complexity index is 180. The molecule has 1 atom stereocenters. The molecule has 1 saturated carbocycles. The Labute approximate surface area is 82.6 Å². The van der Waals surface area contributed by atoms with Gasteiger partial charge < -0.3 is 5.32 Å². The second kappa shape index (κ2) is 4.28. The van der Waals surface area contributed by atoms with Gasteiger partial charge in [0.2, 0.25) is 0 Å². The molecule has 0 aliphatic heterocycles. The van der Waals surface area contributed by atoms with Crippen LogP contribution in [0.4, 0.5) is 0 Å². The van der Waals surface area contributed by atoms with Gasteiger partial charge in [0.25, 0.3) is 0 Å². The van der Waals surface area contributed by atoms with Crippen molar-refractivity contribution >= 4 is 0 Å². The molecule has 0 spiro atoms. The van der Waals surface area contributed by atoms with Gasteiger partial charge in [-0.1, -0.05) is 32.9 Å². The Morgan fingerprint density at radius 2 is 2.08 bits per heavy atom. The predicted molar refractivity (Wildman–Crippen MR) is 58.9 cm³/mol. The third-order valence-corrected chi connectivity index (χ3v) is 3.32. The van der Waals surface area contributed by atoms with E-state index in [4.69, 9.17) is 0 Å². The van der Waals surface area contributed by atoms with Gasteiger partial charge in [0.1, 0.15) is 0 Å². The molecule has 0 aromatic rings. The lowest BCUT2D eigenvalue weighted by Crippen LogP contribution is -2.36. The van der Waals surface area contributed by atoms with Crippen molar-refractivity contribution in [2.75, 3.05) is 6.54 Å². The highest BCUT2D eigenvalue weighted by Gasteiger charge is 2.44. The van der Waals surface area contributed by atoms with E-state index in [2.05, 4.69) is 32.7 Å². The average Bonchev–Trinajstić information content (AvgIpc) is 2.84. The predicted octanol–water partition coefficient (Wildman–Crippen LogP) is 3.12. The van der Waals surface area contributed by atoms with Crippen LogP contribution in [0.25, 0.3) is 0 Å². The summed E-state index contributed by atoms with van der Waals surface area (Å²) in [5.41, 5.74) is 1.97. The Balaban J connectivity index is 2.43. The van der Waals surface area contributed by atoms with E-state index >= 15 is 0 Å². The molecular formula is C12H23N. The van der Waals surface area contributed by atoms with Crippen molar-refractivity contribution < 1.29 is 0 Å². The van der Waals surface area contributed by atoms with Gasteiger partial charge in [-0.25, -0.2) is 0 Å². The first-order valence-corrected chi connectivity index (χ1v) is 5.52. The van der Waals surface area contributed by atoms with Crippen molar-refractivity contribution in [3.05, 3.63) is 12.2 Å². The summed E-state index contributed by atoms with van der Waals surface area (Å²) < 4.78 is 0. The summed E-state index contributed by atoms with van der Waals surface area (Å²) in [6.07, 6.45) is 5.07. The van der Waals surface area contributed by atoms with Crippen LogP contribution in [0.3, 0.4) is 0 Å². The van der Waals surface area contributed by atoms with Crippen LogP contribution in [0.15, 0.2) is 12.2 Å². The van der Waals surface area contributed by atoms with Crippen molar-refractivity contribution in [3.8, 4) is 0 Å². The van der Waals surface area contributed by atoms with E-state index in [-0.39, 0.29) is 0 Å².